The average Bonchev–Trinajstić information content (AvgIpc) is 2.22. The highest BCUT2D eigenvalue weighted by atomic mass is 16.7. The molecule has 0 saturated carbocycles. The van der Waals surface area contributed by atoms with Crippen LogP contribution in [-0.2, 0) is 9.63 Å². The largest absolute Gasteiger partial charge is 0.383 e. The van der Waals surface area contributed by atoms with Crippen LogP contribution in [0.1, 0.15) is 26.7 Å². The molecule has 0 aliphatic rings. The molecule has 0 aromatic carbocycles. The maximum absolute atomic E-state index is 11.3. The van der Waals surface area contributed by atoms with Gasteiger partial charge < -0.3 is 5.11 Å². The Labute approximate surface area is 85.1 Å². The van der Waals surface area contributed by atoms with Crippen molar-refractivity contribution in [2.75, 3.05) is 14.2 Å². The predicted octanol–water partition coefficient (Wildman–Crippen LogP) is 1.11. The zero-order valence-electron chi connectivity index (χ0n) is 9.28. The molecule has 0 aromatic heterocycles. The van der Waals surface area contributed by atoms with Crippen LogP contribution in [0.5, 0.6) is 0 Å². The number of hydrogen-bond acceptors (Lipinski definition) is 3. The number of carbonyl (C=O) groups is 1. The van der Waals surface area contributed by atoms with E-state index in [1.54, 1.807) is 0 Å². The number of aliphatic hydroxyl groups excluding tert-OH is 1. The topological polar surface area (TPSA) is 49.8 Å². The van der Waals surface area contributed by atoms with Crippen molar-refractivity contribution in [3.63, 3.8) is 0 Å². The van der Waals surface area contributed by atoms with Crippen LogP contribution in [0.2, 0.25) is 0 Å². The van der Waals surface area contributed by atoms with Crippen LogP contribution < -0.4 is 0 Å². The van der Waals surface area contributed by atoms with Gasteiger partial charge in [-0.25, -0.2) is 5.06 Å². The summed E-state index contributed by atoms with van der Waals surface area (Å²) in [5, 5.41) is 10.5. The van der Waals surface area contributed by atoms with Gasteiger partial charge in [0.2, 0.25) is 0 Å². The van der Waals surface area contributed by atoms with Crippen LogP contribution in [0.15, 0.2) is 11.6 Å². The first-order valence-corrected chi connectivity index (χ1v) is 4.68. The van der Waals surface area contributed by atoms with Crippen LogP contribution in [0.25, 0.3) is 0 Å². The SMILES string of the molecule is CC/C(C)=C/CC(O)C(=O)N(C)OC. The Morgan fingerprint density at radius 2 is 2.21 bits per heavy atom. The third kappa shape index (κ3) is 4.39. The molecule has 0 aliphatic heterocycles. The lowest BCUT2D eigenvalue weighted by Crippen LogP contribution is -2.35. The van der Waals surface area contributed by atoms with Gasteiger partial charge in [-0.2, -0.15) is 0 Å². The Morgan fingerprint density at radius 3 is 2.64 bits per heavy atom. The first-order chi connectivity index (χ1) is 6.52. The Balaban J connectivity index is 4.08. The van der Waals surface area contributed by atoms with E-state index in [-0.39, 0.29) is 0 Å². The molecule has 0 aliphatic carbocycles. The highest BCUT2D eigenvalue weighted by Crippen LogP contribution is 2.04. The van der Waals surface area contributed by atoms with Gasteiger partial charge in [0, 0.05) is 13.5 Å². The van der Waals surface area contributed by atoms with Crippen molar-refractivity contribution in [1.29, 1.82) is 0 Å². The van der Waals surface area contributed by atoms with Crippen LogP contribution >= 0.6 is 0 Å². The van der Waals surface area contributed by atoms with Gasteiger partial charge in [-0.3, -0.25) is 9.63 Å². The van der Waals surface area contributed by atoms with E-state index in [1.165, 1.54) is 14.2 Å². The normalized spacial score (nSPS) is 13.9. The van der Waals surface area contributed by atoms with Crippen molar-refractivity contribution in [3.8, 4) is 0 Å². The Morgan fingerprint density at radius 1 is 1.64 bits per heavy atom. The van der Waals surface area contributed by atoms with E-state index in [2.05, 4.69) is 4.84 Å². The van der Waals surface area contributed by atoms with Crippen molar-refractivity contribution < 1.29 is 14.7 Å². The minimum atomic E-state index is -1.01. The minimum absolute atomic E-state index is 0.339. The zero-order valence-corrected chi connectivity index (χ0v) is 9.28. The van der Waals surface area contributed by atoms with Crippen LogP contribution in [0, 0.1) is 0 Å². The molecule has 0 heterocycles. The number of rotatable bonds is 5. The van der Waals surface area contributed by atoms with Gasteiger partial charge in [0.15, 0.2) is 0 Å². The van der Waals surface area contributed by atoms with E-state index in [0.717, 1.165) is 17.1 Å². The van der Waals surface area contributed by atoms with Gasteiger partial charge in [0.05, 0.1) is 7.11 Å². The molecule has 0 rings (SSSR count). The van der Waals surface area contributed by atoms with Gasteiger partial charge in [0.1, 0.15) is 6.10 Å². The number of hydrogen-bond donors (Lipinski definition) is 1. The lowest BCUT2D eigenvalue weighted by Gasteiger charge is -2.16. The molecule has 82 valence electrons. The van der Waals surface area contributed by atoms with Gasteiger partial charge in [0.25, 0.3) is 5.91 Å². The van der Waals surface area contributed by atoms with Crippen molar-refractivity contribution in [2.24, 2.45) is 0 Å². The van der Waals surface area contributed by atoms with Gasteiger partial charge >= 0.3 is 0 Å². The lowest BCUT2D eigenvalue weighted by atomic mass is 10.1. The van der Waals surface area contributed by atoms with E-state index in [9.17, 15) is 9.90 Å². The second-order valence-corrected chi connectivity index (χ2v) is 3.17. The third-order valence-corrected chi connectivity index (χ3v) is 2.12. The van der Waals surface area contributed by atoms with Crippen molar-refractivity contribution in [3.05, 3.63) is 11.6 Å². The van der Waals surface area contributed by atoms with Crippen LogP contribution in [0.3, 0.4) is 0 Å². The van der Waals surface area contributed by atoms with Crippen molar-refractivity contribution in [1.82, 2.24) is 5.06 Å². The van der Waals surface area contributed by atoms with Crippen LogP contribution in [0.4, 0.5) is 0 Å². The van der Waals surface area contributed by atoms with E-state index >= 15 is 0 Å². The van der Waals surface area contributed by atoms with E-state index < -0.39 is 12.0 Å². The molecule has 14 heavy (non-hydrogen) atoms. The fourth-order valence-corrected chi connectivity index (χ4v) is 0.858. The molecule has 0 fully saturated rings. The summed E-state index contributed by atoms with van der Waals surface area (Å²) in [5.41, 5.74) is 1.16. The summed E-state index contributed by atoms with van der Waals surface area (Å²) in [6.07, 6.45) is 2.13. The van der Waals surface area contributed by atoms with E-state index in [4.69, 9.17) is 0 Å². The number of carbonyl (C=O) groups excluding carboxylic acids is 1. The average molecular weight is 201 g/mol. The van der Waals surface area contributed by atoms with E-state index in [1.807, 2.05) is 19.9 Å². The van der Waals surface area contributed by atoms with Crippen molar-refractivity contribution >= 4 is 5.91 Å². The number of nitrogens with zero attached hydrogens (tertiary/aromatic N) is 1. The smallest absolute Gasteiger partial charge is 0.274 e. The molecule has 0 radical (unpaired) electrons. The summed E-state index contributed by atoms with van der Waals surface area (Å²) in [5.74, 6) is -0.423. The molecule has 0 saturated heterocycles. The number of allylic oxidation sites excluding steroid dienone is 1. The second kappa shape index (κ2) is 6.56. The monoisotopic (exact) mass is 201 g/mol. The zero-order chi connectivity index (χ0) is 11.1. The molecular formula is C10H19NO3. The molecule has 0 aromatic rings. The van der Waals surface area contributed by atoms with Crippen molar-refractivity contribution in [2.45, 2.75) is 32.8 Å². The highest BCUT2D eigenvalue weighted by Gasteiger charge is 2.17. The molecule has 1 N–H and O–H groups in total. The number of aliphatic hydroxyl groups is 1. The molecule has 1 unspecified atom stereocenters. The van der Waals surface area contributed by atoms with E-state index in [0.29, 0.717) is 6.42 Å². The summed E-state index contributed by atoms with van der Waals surface area (Å²) in [7, 11) is 2.86. The number of likely N-dealkylation sites (N-methyl/N-ethyl adjacent to an activating group) is 1. The highest BCUT2D eigenvalue weighted by molar-refractivity contribution is 5.79. The summed E-state index contributed by atoms with van der Waals surface area (Å²) < 4.78 is 0. The van der Waals surface area contributed by atoms with Gasteiger partial charge in [-0.1, -0.05) is 18.6 Å². The number of hydroxylamine groups is 2. The first kappa shape index (κ1) is 13.1. The molecule has 1 atom stereocenters. The fraction of sp³-hybridized carbons (Fsp3) is 0.700. The Hall–Kier alpha value is -0.870. The molecule has 4 heteroatoms. The lowest BCUT2D eigenvalue weighted by molar-refractivity contribution is -0.177. The third-order valence-electron chi connectivity index (χ3n) is 2.12. The number of amides is 1. The van der Waals surface area contributed by atoms with Gasteiger partial charge in [-0.15, -0.1) is 0 Å². The molecule has 0 bridgehead atoms. The summed E-state index contributed by atoms with van der Waals surface area (Å²) in [4.78, 5) is 16.0. The quantitative estimate of drug-likeness (QED) is 0.535. The Kier molecular flexibility index (Phi) is 6.16. The maximum Gasteiger partial charge on any atom is 0.274 e. The molecular weight excluding hydrogens is 182 g/mol. The standard InChI is InChI=1S/C10H19NO3/c1-5-8(2)6-7-9(12)10(13)11(3)14-4/h6,9,12H,5,7H2,1-4H3/b8-6+. The summed E-state index contributed by atoms with van der Waals surface area (Å²) in [6.45, 7) is 4.00. The minimum Gasteiger partial charge on any atom is -0.383 e. The molecule has 1 amide bonds. The second-order valence-electron chi connectivity index (χ2n) is 3.17. The van der Waals surface area contributed by atoms with Crippen LogP contribution in [-0.4, -0.2) is 36.3 Å². The molecule has 4 nitrogen and oxygen atoms in total. The fourth-order valence-electron chi connectivity index (χ4n) is 0.858. The summed E-state index contributed by atoms with van der Waals surface area (Å²) >= 11 is 0. The van der Waals surface area contributed by atoms with Gasteiger partial charge in [-0.05, 0) is 13.3 Å². The Bertz CT molecular complexity index is 213. The molecule has 0 spiro atoms. The first-order valence-electron chi connectivity index (χ1n) is 4.68. The predicted molar refractivity (Wildman–Crippen MR) is 54.5 cm³/mol. The summed E-state index contributed by atoms with van der Waals surface area (Å²) in [6, 6.07) is 0. The maximum atomic E-state index is 11.3.